The van der Waals surface area contributed by atoms with Gasteiger partial charge in [-0.05, 0) is 30.9 Å². The molecule has 1 heterocycles. The molecule has 250 valence electrons. The smallest absolute Gasteiger partial charge is 0.389 e. The van der Waals surface area contributed by atoms with Gasteiger partial charge in [-0.25, -0.2) is 4.99 Å². The van der Waals surface area contributed by atoms with Crippen LogP contribution in [0.5, 0.6) is 0 Å². The fourth-order valence-corrected chi connectivity index (χ4v) is 5.40. The van der Waals surface area contributed by atoms with Gasteiger partial charge >= 0.3 is 18.3 Å². The molecule has 0 aromatic heterocycles. The number of rotatable bonds is 13. The summed E-state index contributed by atoms with van der Waals surface area (Å²) in [6.45, 7) is 0. The summed E-state index contributed by atoms with van der Waals surface area (Å²) in [6.07, 6.45) is -16.8. The van der Waals surface area contributed by atoms with Crippen LogP contribution in [0, 0.1) is 11.8 Å². The van der Waals surface area contributed by atoms with E-state index in [2.05, 4.69) is 15.0 Å². The number of nitrogens with two attached hydrogens (primary N) is 1. The number of halogens is 6. The van der Waals surface area contributed by atoms with Gasteiger partial charge in [-0.3, -0.25) is 23.9 Å². The maximum absolute atomic E-state index is 13.7. The number of nitrogens with zero attached hydrogens (tertiary/aromatic N) is 2. The highest BCUT2D eigenvalue weighted by molar-refractivity contribution is 7.98. The molecule has 0 aliphatic carbocycles. The predicted octanol–water partition coefficient (Wildman–Crippen LogP) is 4.04. The van der Waals surface area contributed by atoms with Gasteiger partial charge in [-0.15, -0.1) is 0 Å². The van der Waals surface area contributed by atoms with E-state index in [0.29, 0.717) is 28.8 Å². The maximum atomic E-state index is 13.7. The average Bonchev–Trinajstić information content (AvgIpc) is 3.08. The predicted molar refractivity (Wildman–Crippen MR) is 158 cm³/mol. The van der Waals surface area contributed by atoms with E-state index in [1.807, 2.05) is 0 Å². The highest BCUT2D eigenvalue weighted by Gasteiger charge is 2.42. The van der Waals surface area contributed by atoms with E-state index in [9.17, 15) is 45.5 Å². The molecule has 2 aromatic rings. The van der Waals surface area contributed by atoms with Gasteiger partial charge in [0.15, 0.2) is 0 Å². The molecule has 2 aromatic carbocycles. The summed E-state index contributed by atoms with van der Waals surface area (Å²) in [6, 6.07) is 13.7. The van der Waals surface area contributed by atoms with Gasteiger partial charge in [0.25, 0.3) is 5.91 Å². The van der Waals surface area contributed by atoms with E-state index in [0.717, 1.165) is 0 Å². The number of carbonyl (C=O) groups is 4. The number of aliphatic imine (C=N–C) groups is 1. The molecule has 0 bridgehead atoms. The average molecular weight is 676 g/mol. The quantitative estimate of drug-likeness (QED) is 0.185. The Bertz CT molecular complexity index is 1440. The van der Waals surface area contributed by atoms with E-state index in [1.165, 1.54) is 11.9 Å². The van der Waals surface area contributed by atoms with Crippen molar-refractivity contribution in [2.45, 2.75) is 50.2 Å². The van der Waals surface area contributed by atoms with Crippen LogP contribution in [0.25, 0.3) is 0 Å². The van der Waals surface area contributed by atoms with Crippen molar-refractivity contribution in [3.8, 4) is 0 Å². The van der Waals surface area contributed by atoms with Crippen LogP contribution in [-0.2, 0) is 19.2 Å². The van der Waals surface area contributed by atoms with Crippen molar-refractivity contribution < 1.29 is 50.6 Å². The van der Waals surface area contributed by atoms with Crippen LogP contribution in [0.1, 0.15) is 36.8 Å². The fraction of sp³-hybridized carbons (Fsp3) is 0.414. The highest BCUT2D eigenvalue weighted by atomic mass is 32.2. The number of likely N-dealkylation sites (N-methyl/N-ethyl adjacent to an activating group) is 1. The summed E-state index contributed by atoms with van der Waals surface area (Å²) in [5, 5.41) is 11.2. The molecule has 1 aliphatic rings. The van der Waals surface area contributed by atoms with Crippen molar-refractivity contribution in [3.63, 3.8) is 0 Å². The van der Waals surface area contributed by atoms with Crippen LogP contribution < -0.4 is 20.7 Å². The molecule has 3 amide bonds. The van der Waals surface area contributed by atoms with Crippen LogP contribution in [0.15, 0.2) is 59.6 Å². The van der Waals surface area contributed by atoms with Crippen molar-refractivity contribution in [2.75, 3.05) is 17.7 Å². The van der Waals surface area contributed by atoms with Crippen molar-refractivity contribution in [1.82, 2.24) is 10.0 Å². The zero-order valence-electron chi connectivity index (χ0n) is 24.3. The van der Waals surface area contributed by atoms with Crippen molar-refractivity contribution in [1.29, 1.82) is 0 Å². The normalized spacial score (nSPS) is 17.2. The second-order valence-electron chi connectivity index (χ2n) is 10.4. The fourth-order valence-electron chi connectivity index (χ4n) is 4.70. The van der Waals surface area contributed by atoms with E-state index < -0.39 is 91.5 Å². The molecular weight excluding hydrogens is 644 g/mol. The lowest BCUT2D eigenvalue weighted by Crippen LogP contribution is -2.50. The highest BCUT2D eigenvalue weighted by Crippen LogP contribution is 2.34. The third-order valence-corrected chi connectivity index (χ3v) is 7.93. The first-order valence-electron chi connectivity index (χ1n) is 13.8. The van der Waals surface area contributed by atoms with Gasteiger partial charge in [0, 0.05) is 42.7 Å². The number of carbonyl (C=O) groups excluding carboxylic acids is 3. The van der Waals surface area contributed by atoms with Gasteiger partial charge in [0.2, 0.25) is 18.0 Å². The van der Waals surface area contributed by atoms with Crippen molar-refractivity contribution in [2.24, 2.45) is 22.6 Å². The molecule has 1 aliphatic heterocycles. The molecule has 0 saturated carbocycles. The molecule has 3 rings (SSSR count). The van der Waals surface area contributed by atoms with Crippen molar-refractivity contribution >= 4 is 47.0 Å². The Hall–Kier alpha value is -4.12. The molecule has 5 N–H and O–H groups in total. The third-order valence-electron chi connectivity index (χ3n) is 7.06. The molecule has 46 heavy (non-hydrogen) atoms. The largest absolute Gasteiger partial charge is 0.480 e. The van der Waals surface area contributed by atoms with Crippen LogP contribution in [0.2, 0.25) is 0 Å². The number of hydrogen-bond acceptors (Lipinski definition) is 7. The SMILES string of the molecule is CN1C(=O)C(NC(=O)C(CCC(F)(F)F)C(CCC(F)(F)F)C(=O)NSCC(N)C(=O)O)N=C(c2ccccc2)c2ccccc21. The monoisotopic (exact) mass is 675 g/mol. The van der Waals surface area contributed by atoms with Gasteiger partial charge in [0.1, 0.15) is 6.04 Å². The molecule has 0 spiro atoms. The van der Waals surface area contributed by atoms with Gasteiger partial charge in [0.05, 0.1) is 17.3 Å². The summed E-state index contributed by atoms with van der Waals surface area (Å²) in [7, 11) is 1.39. The minimum absolute atomic E-state index is 0.253. The standard InChI is InChI=1S/C29H31F6N5O5S/c1-40-21-10-6-5-9-19(21)22(16-7-3-2-4-8-16)37-23(26(40)43)38-24(41)17(11-13-28(30,31)32)18(12-14-29(33,34)35)25(42)39-46-15-20(36)27(44)45/h2-10,17-18,20,23H,11-15,36H2,1H3,(H,38,41)(H,39,42)(H,44,45). The van der Waals surface area contributed by atoms with Gasteiger partial charge in [-0.1, -0.05) is 48.5 Å². The summed E-state index contributed by atoms with van der Waals surface area (Å²) in [5.41, 5.74) is 7.05. The third kappa shape index (κ3) is 10.2. The number of carboxylic acids is 1. The Balaban J connectivity index is 2.00. The van der Waals surface area contributed by atoms with E-state index in [4.69, 9.17) is 10.8 Å². The molecule has 10 nitrogen and oxygen atoms in total. The Morgan fingerprint density at radius 2 is 1.48 bits per heavy atom. The minimum atomic E-state index is -4.84. The number of alkyl halides is 6. The first-order valence-corrected chi connectivity index (χ1v) is 14.8. The lowest BCUT2D eigenvalue weighted by molar-refractivity contribution is -0.152. The summed E-state index contributed by atoms with van der Waals surface area (Å²) in [4.78, 5) is 56.9. The number of aliphatic carboxylic acids is 1. The summed E-state index contributed by atoms with van der Waals surface area (Å²) < 4.78 is 81.8. The van der Waals surface area contributed by atoms with Gasteiger partial charge in [-0.2, -0.15) is 26.3 Å². The zero-order valence-corrected chi connectivity index (χ0v) is 25.1. The molecule has 17 heteroatoms. The van der Waals surface area contributed by atoms with Crippen LogP contribution in [-0.4, -0.2) is 71.9 Å². The van der Waals surface area contributed by atoms with Crippen LogP contribution in [0.4, 0.5) is 32.0 Å². The lowest BCUT2D eigenvalue weighted by atomic mass is 9.83. The number of carboxylic acid groups (broad SMARTS) is 1. The first kappa shape index (κ1) is 36.3. The number of anilines is 1. The Morgan fingerprint density at radius 3 is 2.04 bits per heavy atom. The molecule has 0 saturated heterocycles. The molecule has 4 atom stereocenters. The molecule has 0 fully saturated rings. The number of nitrogens with one attached hydrogen (secondary N) is 2. The number of para-hydroxylation sites is 1. The van der Waals surface area contributed by atoms with Gasteiger partial charge < -0.3 is 21.1 Å². The Morgan fingerprint density at radius 1 is 0.935 bits per heavy atom. The molecular formula is C29H31F6N5O5S. The van der Waals surface area contributed by atoms with E-state index in [1.54, 1.807) is 54.6 Å². The van der Waals surface area contributed by atoms with E-state index in [-0.39, 0.29) is 5.71 Å². The Labute approximate surface area is 263 Å². The second-order valence-corrected chi connectivity index (χ2v) is 11.2. The molecule has 4 unspecified atom stereocenters. The second kappa shape index (κ2) is 15.4. The van der Waals surface area contributed by atoms with Crippen molar-refractivity contribution in [3.05, 3.63) is 65.7 Å². The lowest BCUT2D eigenvalue weighted by Gasteiger charge is -2.28. The summed E-state index contributed by atoms with van der Waals surface area (Å²) >= 11 is 0.419. The number of amides is 3. The minimum Gasteiger partial charge on any atom is -0.480 e. The topological polar surface area (TPSA) is 154 Å². The zero-order chi connectivity index (χ0) is 34.2. The molecule has 0 radical (unpaired) electrons. The van der Waals surface area contributed by atoms with Crippen LogP contribution >= 0.6 is 11.9 Å². The first-order chi connectivity index (χ1) is 21.5. The van der Waals surface area contributed by atoms with E-state index >= 15 is 0 Å². The Kier molecular flexibility index (Phi) is 12.2. The number of fused-ring (bicyclic) bond motifs is 1. The number of hydrogen-bond donors (Lipinski definition) is 4. The summed E-state index contributed by atoms with van der Waals surface area (Å²) in [5.74, 6) is -9.13. The number of benzene rings is 2. The van der Waals surface area contributed by atoms with Crippen LogP contribution in [0.3, 0.4) is 0 Å². The number of benzodiazepines with no additional fused rings is 1. The maximum Gasteiger partial charge on any atom is 0.389 e.